The van der Waals surface area contributed by atoms with Crippen LogP contribution in [0.15, 0.2) is 0 Å². The van der Waals surface area contributed by atoms with Gasteiger partial charge >= 0.3 is 0 Å². The molecule has 2 heterocycles. The molecule has 2 rings (SSSR count). The van der Waals surface area contributed by atoms with E-state index in [0.29, 0.717) is 26.6 Å². The smallest absolute Gasteiger partial charge is 0.147 e. The second-order valence-corrected chi connectivity index (χ2v) is 2.29. The Labute approximate surface area is 47.5 Å². The molecule has 3 nitrogen and oxygen atoms in total. The average Bonchev–Trinajstić information content (AvgIpc) is 2.07. The van der Waals surface area contributed by atoms with E-state index in [1.54, 1.807) is 0 Å². The highest BCUT2D eigenvalue weighted by Gasteiger charge is 2.43. The summed E-state index contributed by atoms with van der Waals surface area (Å²) in [5, 5.41) is 0. The average molecular weight is 116 g/mol. The lowest BCUT2D eigenvalue weighted by atomic mass is 10.1. The molecule has 2 aliphatic heterocycles. The SMILES string of the molecule is C1OCC2(COC2)O1. The van der Waals surface area contributed by atoms with Crippen LogP contribution in [-0.2, 0) is 14.2 Å². The minimum atomic E-state index is -0.0278. The van der Waals surface area contributed by atoms with Crippen molar-refractivity contribution in [2.24, 2.45) is 0 Å². The molecule has 0 atom stereocenters. The van der Waals surface area contributed by atoms with Crippen LogP contribution < -0.4 is 0 Å². The van der Waals surface area contributed by atoms with Gasteiger partial charge in [0.15, 0.2) is 0 Å². The Bertz CT molecular complexity index is 89.8. The minimum absolute atomic E-state index is 0.0278. The predicted octanol–water partition coefficient (Wildman–Crippen LogP) is -0.240. The van der Waals surface area contributed by atoms with E-state index in [9.17, 15) is 0 Å². The topological polar surface area (TPSA) is 27.7 Å². The first kappa shape index (κ1) is 4.73. The Hall–Kier alpha value is -0.120. The first-order chi connectivity index (χ1) is 3.91. The van der Waals surface area contributed by atoms with Crippen LogP contribution in [-0.4, -0.2) is 32.2 Å². The third kappa shape index (κ3) is 0.491. The predicted molar refractivity (Wildman–Crippen MR) is 25.5 cm³/mol. The molecule has 0 aromatic heterocycles. The highest BCUT2D eigenvalue weighted by atomic mass is 16.7. The highest BCUT2D eigenvalue weighted by molar-refractivity contribution is 4.89. The lowest BCUT2D eigenvalue weighted by molar-refractivity contribution is -0.178. The third-order valence-electron chi connectivity index (χ3n) is 1.54. The molecule has 46 valence electrons. The van der Waals surface area contributed by atoms with Crippen LogP contribution in [0.25, 0.3) is 0 Å². The maximum absolute atomic E-state index is 5.23. The van der Waals surface area contributed by atoms with Gasteiger partial charge in [-0.3, -0.25) is 0 Å². The lowest BCUT2D eigenvalue weighted by Gasteiger charge is -2.34. The first-order valence-corrected chi connectivity index (χ1v) is 2.71. The van der Waals surface area contributed by atoms with Crippen molar-refractivity contribution in [2.45, 2.75) is 5.60 Å². The summed E-state index contributed by atoms with van der Waals surface area (Å²) >= 11 is 0. The van der Waals surface area contributed by atoms with Gasteiger partial charge in [0.2, 0.25) is 0 Å². The van der Waals surface area contributed by atoms with E-state index in [1.165, 1.54) is 0 Å². The molecule has 0 aliphatic carbocycles. The van der Waals surface area contributed by atoms with Crippen molar-refractivity contribution in [3.05, 3.63) is 0 Å². The van der Waals surface area contributed by atoms with E-state index in [0.717, 1.165) is 0 Å². The van der Waals surface area contributed by atoms with Crippen LogP contribution in [0.4, 0.5) is 0 Å². The van der Waals surface area contributed by atoms with Gasteiger partial charge in [-0.25, -0.2) is 0 Å². The molecule has 8 heavy (non-hydrogen) atoms. The number of hydrogen-bond donors (Lipinski definition) is 0. The van der Waals surface area contributed by atoms with Crippen molar-refractivity contribution in [1.29, 1.82) is 0 Å². The van der Waals surface area contributed by atoms with Gasteiger partial charge in [-0.05, 0) is 0 Å². The molecular weight excluding hydrogens is 108 g/mol. The van der Waals surface area contributed by atoms with Gasteiger partial charge in [0.05, 0.1) is 19.8 Å². The van der Waals surface area contributed by atoms with Gasteiger partial charge in [0.25, 0.3) is 0 Å². The molecule has 0 unspecified atom stereocenters. The van der Waals surface area contributed by atoms with Gasteiger partial charge in [0, 0.05) is 0 Å². The third-order valence-corrected chi connectivity index (χ3v) is 1.54. The van der Waals surface area contributed by atoms with Crippen LogP contribution in [0.3, 0.4) is 0 Å². The van der Waals surface area contributed by atoms with Crippen LogP contribution in [0.2, 0.25) is 0 Å². The molecule has 0 aromatic carbocycles. The molecule has 0 radical (unpaired) electrons. The molecule has 0 amide bonds. The fraction of sp³-hybridized carbons (Fsp3) is 1.00. The van der Waals surface area contributed by atoms with Crippen molar-refractivity contribution < 1.29 is 14.2 Å². The standard InChI is InChI=1S/C5H8O3/c1-5(2-6-1)3-7-4-8-5/h1-4H2. The fourth-order valence-corrected chi connectivity index (χ4v) is 0.932. The Kier molecular flexibility index (Phi) is 0.848. The molecule has 0 saturated carbocycles. The molecule has 2 saturated heterocycles. The van der Waals surface area contributed by atoms with Crippen molar-refractivity contribution in [1.82, 2.24) is 0 Å². The molecule has 1 spiro atoms. The quantitative estimate of drug-likeness (QED) is 0.437. The Morgan fingerprint density at radius 3 is 2.00 bits per heavy atom. The van der Waals surface area contributed by atoms with Gasteiger partial charge in [-0.2, -0.15) is 0 Å². The summed E-state index contributed by atoms with van der Waals surface area (Å²) in [5.74, 6) is 0. The van der Waals surface area contributed by atoms with Crippen molar-refractivity contribution >= 4 is 0 Å². The molecule has 0 bridgehead atoms. The number of ether oxygens (including phenoxy) is 3. The largest absolute Gasteiger partial charge is 0.375 e. The van der Waals surface area contributed by atoms with E-state index in [-0.39, 0.29) is 5.60 Å². The molecule has 0 N–H and O–H groups in total. The van der Waals surface area contributed by atoms with Gasteiger partial charge < -0.3 is 14.2 Å². The lowest BCUT2D eigenvalue weighted by Crippen LogP contribution is -2.51. The summed E-state index contributed by atoms with van der Waals surface area (Å²) in [6.07, 6.45) is 0. The van der Waals surface area contributed by atoms with E-state index in [2.05, 4.69) is 0 Å². The number of hydrogen-bond acceptors (Lipinski definition) is 3. The second kappa shape index (κ2) is 1.43. The summed E-state index contributed by atoms with van der Waals surface area (Å²) in [4.78, 5) is 0. The Morgan fingerprint density at radius 1 is 1.00 bits per heavy atom. The monoisotopic (exact) mass is 116 g/mol. The van der Waals surface area contributed by atoms with E-state index in [1.807, 2.05) is 0 Å². The zero-order valence-electron chi connectivity index (χ0n) is 4.55. The number of rotatable bonds is 0. The minimum Gasteiger partial charge on any atom is -0.375 e. The van der Waals surface area contributed by atoms with Gasteiger partial charge in [-0.15, -0.1) is 0 Å². The van der Waals surface area contributed by atoms with E-state index in [4.69, 9.17) is 14.2 Å². The molecule has 2 aliphatic rings. The maximum atomic E-state index is 5.23. The molecule has 2 fully saturated rings. The Morgan fingerprint density at radius 2 is 1.75 bits per heavy atom. The maximum Gasteiger partial charge on any atom is 0.147 e. The van der Waals surface area contributed by atoms with Crippen molar-refractivity contribution in [2.75, 3.05) is 26.6 Å². The first-order valence-electron chi connectivity index (χ1n) is 2.71. The summed E-state index contributed by atoms with van der Waals surface area (Å²) in [6.45, 7) is 2.59. The van der Waals surface area contributed by atoms with Gasteiger partial charge in [-0.1, -0.05) is 0 Å². The summed E-state index contributed by atoms with van der Waals surface area (Å²) in [5.41, 5.74) is -0.0278. The van der Waals surface area contributed by atoms with E-state index >= 15 is 0 Å². The summed E-state index contributed by atoms with van der Waals surface area (Å²) in [6, 6.07) is 0. The summed E-state index contributed by atoms with van der Waals surface area (Å²) in [7, 11) is 0. The zero-order valence-corrected chi connectivity index (χ0v) is 4.55. The Balaban J connectivity index is 2.01. The van der Waals surface area contributed by atoms with Crippen LogP contribution in [0.5, 0.6) is 0 Å². The molecular formula is C5H8O3. The highest BCUT2D eigenvalue weighted by Crippen LogP contribution is 2.26. The zero-order chi connectivity index (χ0) is 5.45. The summed E-state index contributed by atoms with van der Waals surface area (Å²) < 4.78 is 15.2. The molecule has 0 aromatic rings. The fourth-order valence-electron chi connectivity index (χ4n) is 0.932. The van der Waals surface area contributed by atoms with Crippen LogP contribution >= 0.6 is 0 Å². The van der Waals surface area contributed by atoms with Crippen molar-refractivity contribution in [3.63, 3.8) is 0 Å². The van der Waals surface area contributed by atoms with E-state index < -0.39 is 0 Å². The second-order valence-electron chi connectivity index (χ2n) is 2.29. The van der Waals surface area contributed by atoms with Crippen molar-refractivity contribution in [3.8, 4) is 0 Å². The van der Waals surface area contributed by atoms with Gasteiger partial charge in [0.1, 0.15) is 12.4 Å². The van der Waals surface area contributed by atoms with Crippen LogP contribution in [0, 0.1) is 0 Å². The van der Waals surface area contributed by atoms with Crippen LogP contribution in [0.1, 0.15) is 0 Å². The normalized spacial score (nSPS) is 33.0. The molecule has 3 heteroatoms.